The van der Waals surface area contributed by atoms with E-state index in [9.17, 15) is 37.8 Å². The second-order valence-corrected chi connectivity index (χ2v) is 10.4. The van der Waals surface area contributed by atoms with Crippen LogP contribution in [0.25, 0.3) is 0 Å². The molecule has 17 heteroatoms. The monoisotopic (exact) mass is 702 g/mol. The second-order valence-electron chi connectivity index (χ2n) is 7.22. The summed E-state index contributed by atoms with van der Waals surface area (Å²) in [5.41, 5.74) is 0. The summed E-state index contributed by atoms with van der Waals surface area (Å²) in [6.07, 6.45) is 11.9. The molecule has 0 heterocycles. The van der Waals surface area contributed by atoms with Crippen LogP contribution < -0.4 is 19.6 Å². The van der Waals surface area contributed by atoms with E-state index < -0.39 is 33.0 Å². The van der Waals surface area contributed by atoms with Gasteiger partial charge >= 0.3 is 21.1 Å². The summed E-state index contributed by atoms with van der Waals surface area (Å²) < 4.78 is 56.6. The van der Waals surface area contributed by atoms with Gasteiger partial charge in [-0.25, -0.2) is 0 Å². The van der Waals surface area contributed by atoms with Crippen molar-refractivity contribution >= 4 is 33.0 Å². The molecule has 4 unspecified atom stereocenters. The smallest absolute Gasteiger partial charge is 0.781 e. The van der Waals surface area contributed by atoms with E-state index in [1.165, 1.54) is 0 Å². The molecule has 0 aromatic carbocycles. The van der Waals surface area contributed by atoms with Crippen LogP contribution in [0.5, 0.6) is 0 Å². The van der Waals surface area contributed by atoms with E-state index in [1.807, 2.05) is 0 Å². The molecule has 0 aromatic rings. The van der Waals surface area contributed by atoms with Gasteiger partial charge in [0.2, 0.25) is 0 Å². The Morgan fingerprint density at radius 2 is 0.568 bits per heavy atom. The van der Waals surface area contributed by atoms with Crippen molar-refractivity contribution in [2.75, 3.05) is 26.4 Å². The fourth-order valence-corrected chi connectivity index (χ4v) is 3.27. The minimum absolute atomic E-state index is 0. The molecule has 12 nitrogen and oxygen atoms in total. The maximum Gasteiger partial charge on any atom is 4.00 e. The summed E-state index contributed by atoms with van der Waals surface area (Å²) in [6.45, 7) is 9.65. The predicted molar refractivity (Wildman–Crippen MR) is 138 cm³/mol. The minimum atomic E-state index is -2.92. The maximum atomic E-state index is 9.81. The Labute approximate surface area is 240 Å². The normalized spacial score (nSPS) is 13.2. The maximum absolute atomic E-state index is 9.81. The van der Waals surface area contributed by atoms with Gasteiger partial charge in [0.15, 0.2) is 0 Å². The molecule has 0 aromatic heterocycles. The second kappa shape index (κ2) is 44.3. The molecular weight excluding hydrogens is 652 g/mol. The van der Waals surface area contributed by atoms with E-state index >= 15 is 0 Å². The summed E-state index contributed by atoms with van der Waals surface area (Å²) in [5.74, 6) is 0. The molecule has 0 rings (SSSR count). The molecule has 0 aliphatic carbocycles. The van der Waals surface area contributed by atoms with Crippen molar-refractivity contribution in [1.82, 2.24) is 0 Å². The van der Waals surface area contributed by atoms with Gasteiger partial charge in [0.1, 0.15) is 33.0 Å². The van der Waals surface area contributed by atoms with Crippen LogP contribution in [0.3, 0.4) is 0 Å². The summed E-state index contributed by atoms with van der Waals surface area (Å²) >= 11 is 0. The van der Waals surface area contributed by atoms with Crippen LogP contribution in [0.4, 0.5) is 0 Å². The SMILES string of the molecule is CCCCCO[PH](=O)[O-].CCCCCO[PH](=O)[O-].CCCCCO[PH](=O)[O-].CCCCCO[PH](=O)[O-].[Mo+4]. The van der Waals surface area contributed by atoms with Crippen molar-refractivity contribution in [2.45, 2.75) is 105 Å². The van der Waals surface area contributed by atoms with E-state index in [4.69, 9.17) is 0 Å². The molecule has 0 spiro atoms. The number of unbranched alkanes of at least 4 members (excludes halogenated alkanes) is 8. The van der Waals surface area contributed by atoms with Crippen molar-refractivity contribution in [3.8, 4) is 0 Å². The fourth-order valence-electron chi connectivity index (χ4n) is 2.03. The number of hydrogen-bond donors (Lipinski definition) is 0. The average molecular weight is 700 g/mol. The van der Waals surface area contributed by atoms with Crippen LogP contribution in [-0.4, -0.2) is 26.4 Å². The van der Waals surface area contributed by atoms with Gasteiger partial charge in [0.05, 0.1) is 26.4 Å². The van der Waals surface area contributed by atoms with Gasteiger partial charge in [-0.15, -0.1) is 0 Å². The van der Waals surface area contributed by atoms with E-state index in [0.717, 1.165) is 77.0 Å². The van der Waals surface area contributed by atoms with Gasteiger partial charge < -0.3 is 55.9 Å². The summed E-state index contributed by atoms with van der Waals surface area (Å²) in [5, 5.41) is 0. The van der Waals surface area contributed by atoms with Gasteiger partial charge in [-0.3, -0.25) is 0 Å². The van der Waals surface area contributed by atoms with Crippen molar-refractivity contribution < 1.29 is 77.0 Å². The molecule has 0 radical (unpaired) electrons. The molecule has 0 aliphatic heterocycles. The molecule has 37 heavy (non-hydrogen) atoms. The molecule has 0 saturated carbocycles. The zero-order valence-corrected chi connectivity index (χ0v) is 28.6. The Balaban J connectivity index is -0.000000122. The topological polar surface area (TPSA) is 197 Å². The first-order valence-electron chi connectivity index (χ1n) is 12.4. The third-order valence-corrected chi connectivity index (χ3v) is 5.63. The van der Waals surface area contributed by atoms with Gasteiger partial charge in [-0.2, -0.15) is 0 Å². The summed E-state index contributed by atoms with van der Waals surface area (Å²) in [6, 6.07) is 0. The van der Waals surface area contributed by atoms with E-state index in [2.05, 4.69) is 45.8 Å². The third-order valence-electron chi connectivity index (χ3n) is 3.87. The van der Waals surface area contributed by atoms with E-state index in [1.54, 1.807) is 0 Å². The molecular formula is C20H48MoO12P4. The van der Waals surface area contributed by atoms with Crippen molar-refractivity contribution in [3.63, 3.8) is 0 Å². The Hall–Kier alpha value is 1.29. The zero-order chi connectivity index (χ0) is 28.5. The Morgan fingerprint density at radius 3 is 0.676 bits per heavy atom. The Kier molecular flexibility index (Phi) is 57.5. The van der Waals surface area contributed by atoms with Crippen LogP contribution in [0, 0.1) is 0 Å². The molecule has 0 aliphatic rings. The molecule has 226 valence electrons. The summed E-state index contributed by atoms with van der Waals surface area (Å²) in [7, 11) is -11.7. The third kappa shape index (κ3) is 72.6. The minimum Gasteiger partial charge on any atom is -0.781 e. The molecule has 0 saturated heterocycles. The number of rotatable bonds is 20. The van der Waals surface area contributed by atoms with E-state index in [0.29, 0.717) is 26.4 Å². The summed E-state index contributed by atoms with van der Waals surface area (Å²) in [4.78, 5) is 39.3. The Bertz CT molecular complexity index is 432. The first-order chi connectivity index (χ1) is 17.1. The van der Waals surface area contributed by atoms with E-state index in [-0.39, 0.29) is 21.1 Å². The van der Waals surface area contributed by atoms with Gasteiger partial charge in [-0.1, -0.05) is 79.1 Å². The molecule has 0 N–H and O–H groups in total. The van der Waals surface area contributed by atoms with Crippen molar-refractivity contribution in [3.05, 3.63) is 0 Å². The quantitative estimate of drug-likeness (QED) is 0.101. The van der Waals surface area contributed by atoms with Gasteiger partial charge in [-0.05, 0) is 25.7 Å². The first kappa shape index (κ1) is 48.0. The molecule has 0 fully saturated rings. The molecule has 0 bridgehead atoms. The van der Waals surface area contributed by atoms with Crippen LogP contribution in [-0.2, 0) is 57.4 Å². The van der Waals surface area contributed by atoms with Crippen LogP contribution >= 0.6 is 33.0 Å². The fraction of sp³-hybridized carbons (Fsp3) is 1.00. The zero-order valence-electron chi connectivity index (χ0n) is 22.6. The van der Waals surface area contributed by atoms with Gasteiger partial charge in [0, 0.05) is 0 Å². The number of hydrogen-bond acceptors (Lipinski definition) is 12. The van der Waals surface area contributed by atoms with Crippen molar-refractivity contribution in [1.29, 1.82) is 0 Å². The van der Waals surface area contributed by atoms with Crippen molar-refractivity contribution in [2.24, 2.45) is 0 Å². The van der Waals surface area contributed by atoms with Crippen LogP contribution in [0.2, 0.25) is 0 Å². The van der Waals surface area contributed by atoms with Crippen LogP contribution in [0.1, 0.15) is 105 Å². The van der Waals surface area contributed by atoms with Gasteiger partial charge in [0.25, 0.3) is 0 Å². The molecule has 4 atom stereocenters. The standard InChI is InChI=1S/4C5H13O3P.Mo/c4*1-2-3-4-5-8-9(6)7;/h4*9H,2-5H2,1H3,(H,6,7);/q;;;;+4/p-4. The average Bonchev–Trinajstić information content (AvgIpc) is 2.81. The molecule has 0 amide bonds. The first-order valence-corrected chi connectivity index (χ1v) is 17.3. The largest absolute Gasteiger partial charge is 4.00 e. The van der Waals surface area contributed by atoms with Crippen LogP contribution in [0.15, 0.2) is 0 Å². The Morgan fingerprint density at radius 1 is 0.405 bits per heavy atom. The predicted octanol–water partition coefficient (Wildman–Crippen LogP) is 3.77.